The highest BCUT2D eigenvalue weighted by molar-refractivity contribution is 5.90. The molecule has 0 aromatic heterocycles. The van der Waals surface area contributed by atoms with Gasteiger partial charge in [0.25, 0.3) is 0 Å². The van der Waals surface area contributed by atoms with Crippen LogP contribution in [0.2, 0.25) is 0 Å². The molecule has 0 saturated heterocycles. The molecule has 0 saturated carbocycles. The lowest BCUT2D eigenvalue weighted by Gasteiger charge is -2.21. The predicted molar refractivity (Wildman–Crippen MR) is 85.1 cm³/mol. The van der Waals surface area contributed by atoms with Gasteiger partial charge in [-0.3, -0.25) is 0 Å². The molecule has 2 aromatic carbocycles. The third-order valence-electron chi connectivity index (χ3n) is 3.26. The van der Waals surface area contributed by atoms with Gasteiger partial charge in [-0.1, -0.05) is 54.6 Å². The average Bonchev–Trinajstić information content (AvgIpc) is 2.52. The van der Waals surface area contributed by atoms with Gasteiger partial charge in [0.2, 0.25) is 0 Å². The molecule has 0 aliphatic carbocycles. The molecule has 2 aromatic rings. The van der Waals surface area contributed by atoms with Gasteiger partial charge in [0.05, 0.1) is 18.7 Å². The zero-order chi connectivity index (χ0) is 15.2. The first-order valence-electron chi connectivity index (χ1n) is 6.77. The molecule has 0 spiro atoms. The second-order valence-electron chi connectivity index (χ2n) is 4.87. The first kappa shape index (κ1) is 14.9. The van der Waals surface area contributed by atoms with E-state index in [0.717, 1.165) is 16.8 Å². The number of anilines is 1. The minimum absolute atomic E-state index is 0.320. The molecule has 0 aliphatic rings. The predicted octanol–water partition coefficient (Wildman–Crippen LogP) is 3.88. The number of para-hydroxylation sites is 1. The van der Waals surface area contributed by atoms with Gasteiger partial charge in [-0.05, 0) is 24.6 Å². The largest absolute Gasteiger partial charge is 0.466 e. The molecule has 3 heteroatoms. The minimum Gasteiger partial charge on any atom is -0.466 e. The van der Waals surface area contributed by atoms with Crippen LogP contribution in [-0.4, -0.2) is 13.1 Å². The fourth-order valence-electron chi connectivity index (χ4n) is 2.17. The lowest BCUT2D eigenvalue weighted by molar-refractivity contribution is -0.136. The van der Waals surface area contributed by atoms with Crippen molar-refractivity contribution in [2.75, 3.05) is 12.4 Å². The number of hydrogen-bond donors (Lipinski definition) is 1. The normalized spacial score (nSPS) is 11.5. The molecule has 0 unspecified atom stereocenters. The van der Waals surface area contributed by atoms with E-state index in [2.05, 4.69) is 11.9 Å². The third kappa shape index (κ3) is 3.72. The lowest BCUT2D eigenvalue weighted by Crippen LogP contribution is -2.19. The summed E-state index contributed by atoms with van der Waals surface area (Å²) >= 11 is 0. The Morgan fingerprint density at radius 3 is 2.48 bits per heavy atom. The number of carbonyl (C=O) groups is 1. The van der Waals surface area contributed by atoms with Crippen molar-refractivity contribution in [3.8, 4) is 0 Å². The number of ether oxygens (including phenoxy) is 1. The van der Waals surface area contributed by atoms with Gasteiger partial charge in [-0.15, -0.1) is 0 Å². The van der Waals surface area contributed by atoms with Crippen LogP contribution < -0.4 is 5.32 Å². The SMILES string of the molecule is C=C(C(=O)OC)[C@H](Nc1ccccc1)c1cccc(C)c1. The summed E-state index contributed by atoms with van der Waals surface area (Å²) in [5, 5.41) is 3.34. The summed E-state index contributed by atoms with van der Waals surface area (Å²) in [6, 6.07) is 17.4. The first-order valence-corrected chi connectivity index (χ1v) is 6.77. The monoisotopic (exact) mass is 281 g/mol. The Kier molecular flexibility index (Phi) is 4.77. The molecule has 3 nitrogen and oxygen atoms in total. The molecule has 1 atom stereocenters. The van der Waals surface area contributed by atoms with Crippen molar-refractivity contribution in [3.63, 3.8) is 0 Å². The van der Waals surface area contributed by atoms with Gasteiger partial charge in [0.1, 0.15) is 0 Å². The number of methoxy groups -OCH3 is 1. The quantitative estimate of drug-likeness (QED) is 0.667. The number of carbonyl (C=O) groups excluding carboxylic acids is 1. The average molecular weight is 281 g/mol. The smallest absolute Gasteiger partial charge is 0.335 e. The van der Waals surface area contributed by atoms with E-state index in [-0.39, 0.29) is 6.04 Å². The van der Waals surface area contributed by atoms with Crippen LogP contribution in [0.15, 0.2) is 66.7 Å². The Bertz CT molecular complexity index is 635. The maximum Gasteiger partial charge on any atom is 0.335 e. The number of aryl methyl sites for hydroxylation is 1. The van der Waals surface area contributed by atoms with E-state index >= 15 is 0 Å². The topological polar surface area (TPSA) is 38.3 Å². The van der Waals surface area contributed by atoms with E-state index in [9.17, 15) is 4.79 Å². The summed E-state index contributed by atoms with van der Waals surface area (Å²) in [5.74, 6) is -0.412. The van der Waals surface area contributed by atoms with Crippen LogP contribution >= 0.6 is 0 Å². The molecular weight excluding hydrogens is 262 g/mol. The van der Waals surface area contributed by atoms with Gasteiger partial charge in [-0.2, -0.15) is 0 Å². The number of benzene rings is 2. The summed E-state index contributed by atoms with van der Waals surface area (Å²) in [6.45, 7) is 5.91. The van der Waals surface area contributed by atoms with Crippen molar-refractivity contribution in [1.29, 1.82) is 0 Å². The highest BCUT2D eigenvalue weighted by Gasteiger charge is 2.21. The summed E-state index contributed by atoms with van der Waals surface area (Å²) in [5.41, 5.74) is 3.42. The Morgan fingerprint density at radius 1 is 1.14 bits per heavy atom. The molecule has 21 heavy (non-hydrogen) atoms. The Morgan fingerprint density at radius 2 is 1.86 bits per heavy atom. The summed E-state index contributed by atoms with van der Waals surface area (Å²) in [7, 11) is 1.36. The zero-order valence-electron chi connectivity index (χ0n) is 12.3. The lowest BCUT2D eigenvalue weighted by atomic mass is 9.98. The van der Waals surface area contributed by atoms with Crippen LogP contribution in [-0.2, 0) is 9.53 Å². The van der Waals surface area contributed by atoms with Gasteiger partial charge in [0.15, 0.2) is 0 Å². The van der Waals surface area contributed by atoms with Crippen LogP contribution in [0.3, 0.4) is 0 Å². The molecule has 108 valence electrons. The van der Waals surface area contributed by atoms with Gasteiger partial charge in [0, 0.05) is 5.69 Å². The molecule has 0 heterocycles. The highest BCUT2D eigenvalue weighted by atomic mass is 16.5. The van der Waals surface area contributed by atoms with E-state index in [1.807, 2.05) is 61.5 Å². The van der Waals surface area contributed by atoms with Crippen molar-refractivity contribution in [2.45, 2.75) is 13.0 Å². The van der Waals surface area contributed by atoms with Crippen molar-refractivity contribution in [3.05, 3.63) is 77.9 Å². The van der Waals surface area contributed by atoms with Crippen LogP contribution in [0.5, 0.6) is 0 Å². The van der Waals surface area contributed by atoms with E-state index in [4.69, 9.17) is 4.74 Å². The Hall–Kier alpha value is -2.55. The number of esters is 1. The second-order valence-corrected chi connectivity index (χ2v) is 4.87. The molecule has 1 N–H and O–H groups in total. The van der Waals surface area contributed by atoms with Crippen LogP contribution in [0.1, 0.15) is 17.2 Å². The maximum atomic E-state index is 11.8. The molecular formula is C18H19NO2. The van der Waals surface area contributed by atoms with E-state index in [1.165, 1.54) is 7.11 Å². The van der Waals surface area contributed by atoms with Crippen molar-refractivity contribution in [2.24, 2.45) is 0 Å². The molecule has 0 bridgehead atoms. The highest BCUT2D eigenvalue weighted by Crippen LogP contribution is 2.27. The van der Waals surface area contributed by atoms with E-state index in [0.29, 0.717) is 5.57 Å². The van der Waals surface area contributed by atoms with Gasteiger partial charge < -0.3 is 10.1 Å². The summed E-state index contributed by atoms with van der Waals surface area (Å²) in [6.07, 6.45) is 0. The van der Waals surface area contributed by atoms with Crippen molar-refractivity contribution < 1.29 is 9.53 Å². The molecule has 0 aliphatic heterocycles. The van der Waals surface area contributed by atoms with E-state index in [1.54, 1.807) is 0 Å². The molecule has 0 amide bonds. The second kappa shape index (κ2) is 6.75. The van der Waals surface area contributed by atoms with Crippen molar-refractivity contribution >= 4 is 11.7 Å². The molecule has 0 fully saturated rings. The number of rotatable bonds is 5. The van der Waals surface area contributed by atoms with Crippen LogP contribution in [0.4, 0.5) is 5.69 Å². The number of nitrogens with one attached hydrogen (secondary N) is 1. The fourth-order valence-corrected chi connectivity index (χ4v) is 2.17. The zero-order valence-corrected chi connectivity index (χ0v) is 12.3. The summed E-state index contributed by atoms with van der Waals surface area (Å²) in [4.78, 5) is 11.8. The Balaban J connectivity index is 2.35. The van der Waals surface area contributed by atoms with Crippen LogP contribution in [0, 0.1) is 6.92 Å². The number of hydrogen-bond acceptors (Lipinski definition) is 3. The molecule has 0 radical (unpaired) electrons. The fraction of sp³-hybridized carbons (Fsp3) is 0.167. The third-order valence-corrected chi connectivity index (χ3v) is 3.26. The van der Waals surface area contributed by atoms with Gasteiger partial charge in [-0.25, -0.2) is 4.79 Å². The van der Waals surface area contributed by atoms with Crippen molar-refractivity contribution in [1.82, 2.24) is 0 Å². The van der Waals surface area contributed by atoms with Gasteiger partial charge >= 0.3 is 5.97 Å². The van der Waals surface area contributed by atoms with Crippen LogP contribution in [0.25, 0.3) is 0 Å². The molecule has 2 rings (SSSR count). The first-order chi connectivity index (χ1) is 10.1. The maximum absolute atomic E-state index is 11.8. The summed E-state index contributed by atoms with van der Waals surface area (Å²) < 4.78 is 4.80. The minimum atomic E-state index is -0.412. The van der Waals surface area contributed by atoms with E-state index < -0.39 is 5.97 Å². The Labute approximate surface area is 125 Å². The standard InChI is InChI=1S/C18H19NO2/c1-13-8-7-9-15(12-13)17(14(2)18(20)21-3)19-16-10-5-4-6-11-16/h4-12,17,19H,2H2,1,3H3/t17-/m0/s1.